The first-order chi connectivity index (χ1) is 9.47. The Labute approximate surface area is 120 Å². The van der Waals surface area contributed by atoms with Crippen molar-refractivity contribution >= 4 is 28.5 Å². The fourth-order valence-electron chi connectivity index (χ4n) is 1.99. The molecule has 1 N–H and O–H groups in total. The quantitative estimate of drug-likeness (QED) is 0.881. The monoisotopic (exact) mass is 299 g/mol. The number of fused-ring (bicyclic) bond motifs is 1. The van der Waals surface area contributed by atoms with Crippen LogP contribution in [0.1, 0.15) is 18.1 Å². The molecule has 1 atom stereocenters. The van der Waals surface area contributed by atoms with Crippen LogP contribution in [0.3, 0.4) is 0 Å². The van der Waals surface area contributed by atoms with E-state index >= 15 is 0 Å². The number of alkyl halides is 1. The molecule has 5 nitrogen and oxygen atoms in total. The van der Waals surface area contributed by atoms with Crippen molar-refractivity contribution < 1.29 is 13.9 Å². The number of nitrogens with one attached hydrogen (secondary N) is 1. The summed E-state index contributed by atoms with van der Waals surface area (Å²) in [6.07, 6.45) is 0. The maximum Gasteiger partial charge on any atom is 0.239 e. The van der Waals surface area contributed by atoms with Crippen molar-refractivity contribution in [3.8, 4) is 5.75 Å². The van der Waals surface area contributed by atoms with Crippen molar-refractivity contribution in [2.45, 2.75) is 18.8 Å². The first-order valence-corrected chi connectivity index (χ1v) is 6.50. The van der Waals surface area contributed by atoms with Crippen LogP contribution in [-0.4, -0.2) is 29.6 Å². The Balaban J connectivity index is 2.66. The van der Waals surface area contributed by atoms with Crippen LogP contribution >= 0.6 is 11.6 Å². The lowest BCUT2D eigenvalue weighted by atomic mass is 10.3. The minimum atomic E-state index is -0.502. The van der Waals surface area contributed by atoms with Crippen LogP contribution in [0.15, 0.2) is 12.1 Å². The molecule has 2 rings (SSSR count). The molecule has 0 aliphatic heterocycles. The summed E-state index contributed by atoms with van der Waals surface area (Å²) in [6.45, 7) is 1.81. The summed E-state index contributed by atoms with van der Waals surface area (Å²) >= 11 is 6.08. The molecular formula is C13H15ClFN3O2. The topological polar surface area (TPSA) is 56.2 Å². The number of methoxy groups -OCH3 is 1. The minimum absolute atomic E-state index is 0.0637. The van der Waals surface area contributed by atoms with Gasteiger partial charge in [-0.15, -0.1) is 11.6 Å². The second-order valence-corrected chi connectivity index (χ2v) is 4.98. The van der Waals surface area contributed by atoms with Gasteiger partial charge < -0.3 is 14.6 Å². The lowest BCUT2D eigenvalue weighted by Crippen LogP contribution is -2.24. The summed E-state index contributed by atoms with van der Waals surface area (Å²) in [5.41, 5.74) is 1.05. The molecule has 0 spiro atoms. The molecule has 2 aromatic rings. The summed E-state index contributed by atoms with van der Waals surface area (Å²) in [6, 6.07) is 2.79. The number of hydrogen-bond acceptors (Lipinski definition) is 3. The highest BCUT2D eigenvalue weighted by Gasteiger charge is 2.19. The van der Waals surface area contributed by atoms with Gasteiger partial charge in [0.2, 0.25) is 5.91 Å². The number of rotatable bonds is 4. The zero-order valence-electron chi connectivity index (χ0n) is 11.4. The van der Waals surface area contributed by atoms with Crippen LogP contribution in [0.2, 0.25) is 0 Å². The number of amides is 1. The molecule has 0 fully saturated rings. The van der Waals surface area contributed by atoms with Gasteiger partial charge in [0.25, 0.3) is 0 Å². The number of halogens is 2. The fraction of sp³-hybridized carbons (Fsp3) is 0.385. The molecule has 20 heavy (non-hydrogen) atoms. The first kappa shape index (κ1) is 14.6. The van der Waals surface area contributed by atoms with Gasteiger partial charge in [-0.1, -0.05) is 0 Å². The van der Waals surface area contributed by atoms with Crippen molar-refractivity contribution in [2.24, 2.45) is 0 Å². The molecule has 1 heterocycles. The Hall–Kier alpha value is -1.82. The predicted octanol–water partition coefficient (Wildman–Crippen LogP) is 2.23. The standard InChI is InChI=1S/C13H15ClFN3O2/c1-7(14)13-17-9-4-8(15)11(20-3)5-10(9)18(13)6-12(19)16-2/h4-5,7H,6H2,1-3H3,(H,16,19). The third kappa shape index (κ3) is 2.56. The zero-order valence-corrected chi connectivity index (χ0v) is 12.2. The van der Waals surface area contributed by atoms with Gasteiger partial charge in [0, 0.05) is 19.2 Å². The normalized spacial score (nSPS) is 12.4. The maximum absolute atomic E-state index is 13.7. The summed E-state index contributed by atoms with van der Waals surface area (Å²) in [7, 11) is 2.93. The van der Waals surface area contributed by atoms with E-state index < -0.39 is 11.2 Å². The molecular weight excluding hydrogens is 285 g/mol. The van der Waals surface area contributed by atoms with Gasteiger partial charge in [-0.05, 0) is 6.92 Å². The number of carbonyl (C=O) groups is 1. The molecule has 0 bridgehead atoms. The number of carbonyl (C=O) groups excluding carboxylic acids is 1. The van der Waals surface area contributed by atoms with Gasteiger partial charge in [0.05, 0.1) is 23.5 Å². The van der Waals surface area contributed by atoms with E-state index in [0.717, 1.165) is 0 Å². The Morgan fingerprint density at radius 2 is 2.30 bits per heavy atom. The van der Waals surface area contributed by atoms with Crippen molar-refractivity contribution in [3.63, 3.8) is 0 Å². The number of ether oxygens (including phenoxy) is 1. The first-order valence-electron chi connectivity index (χ1n) is 6.06. The molecule has 0 radical (unpaired) electrons. The number of likely N-dealkylation sites (N-methyl/N-ethyl adjacent to an activating group) is 1. The van der Waals surface area contributed by atoms with Crippen molar-refractivity contribution in [3.05, 3.63) is 23.8 Å². The second kappa shape index (κ2) is 5.66. The molecule has 108 valence electrons. The molecule has 1 aromatic carbocycles. The third-order valence-electron chi connectivity index (χ3n) is 2.99. The van der Waals surface area contributed by atoms with Crippen LogP contribution in [0, 0.1) is 5.82 Å². The Morgan fingerprint density at radius 3 is 2.85 bits per heavy atom. The van der Waals surface area contributed by atoms with E-state index in [-0.39, 0.29) is 18.2 Å². The van der Waals surface area contributed by atoms with Crippen molar-refractivity contribution in [2.75, 3.05) is 14.2 Å². The van der Waals surface area contributed by atoms with Gasteiger partial charge in [-0.25, -0.2) is 9.37 Å². The van der Waals surface area contributed by atoms with Gasteiger partial charge in [-0.3, -0.25) is 4.79 Å². The molecule has 1 unspecified atom stereocenters. The van der Waals surface area contributed by atoms with E-state index in [0.29, 0.717) is 16.9 Å². The van der Waals surface area contributed by atoms with Crippen LogP contribution in [-0.2, 0) is 11.3 Å². The largest absolute Gasteiger partial charge is 0.494 e. The minimum Gasteiger partial charge on any atom is -0.494 e. The van der Waals surface area contributed by atoms with Gasteiger partial charge >= 0.3 is 0 Å². The summed E-state index contributed by atoms with van der Waals surface area (Å²) in [5.74, 6) is -0.0771. The van der Waals surface area contributed by atoms with E-state index in [9.17, 15) is 9.18 Å². The molecule has 1 aromatic heterocycles. The van der Waals surface area contributed by atoms with Crippen molar-refractivity contribution in [1.29, 1.82) is 0 Å². The van der Waals surface area contributed by atoms with E-state index in [1.807, 2.05) is 0 Å². The lowest BCUT2D eigenvalue weighted by molar-refractivity contribution is -0.121. The Morgan fingerprint density at radius 1 is 1.60 bits per heavy atom. The van der Waals surface area contributed by atoms with Gasteiger partial charge in [0.1, 0.15) is 12.4 Å². The van der Waals surface area contributed by atoms with Crippen molar-refractivity contribution in [1.82, 2.24) is 14.9 Å². The van der Waals surface area contributed by atoms with E-state index in [1.165, 1.54) is 19.2 Å². The number of imidazole rings is 1. The highest BCUT2D eigenvalue weighted by molar-refractivity contribution is 6.20. The molecule has 0 aliphatic carbocycles. The van der Waals surface area contributed by atoms with Gasteiger partial charge in [0.15, 0.2) is 11.6 Å². The average molecular weight is 300 g/mol. The van der Waals surface area contributed by atoms with Gasteiger partial charge in [-0.2, -0.15) is 0 Å². The van der Waals surface area contributed by atoms with Crippen LogP contribution in [0.5, 0.6) is 5.75 Å². The second-order valence-electron chi connectivity index (χ2n) is 4.32. The SMILES string of the molecule is CNC(=O)Cn1c(C(C)Cl)nc2cc(F)c(OC)cc21. The highest BCUT2D eigenvalue weighted by atomic mass is 35.5. The van der Waals surface area contributed by atoms with Crippen LogP contribution < -0.4 is 10.1 Å². The molecule has 0 saturated carbocycles. The number of hydrogen-bond donors (Lipinski definition) is 1. The number of nitrogens with zero attached hydrogens (tertiary/aromatic N) is 2. The van der Waals surface area contributed by atoms with E-state index in [1.54, 1.807) is 18.5 Å². The lowest BCUT2D eigenvalue weighted by Gasteiger charge is -2.10. The summed E-state index contributed by atoms with van der Waals surface area (Å²) in [5, 5.41) is 2.14. The average Bonchev–Trinajstić information content (AvgIpc) is 2.75. The summed E-state index contributed by atoms with van der Waals surface area (Å²) in [4.78, 5) is 15.9. The highest BCUT2D eigenvalue weighted by Crippen LogP contribution is 2.29. The zero-order chi connectivity index (χ0) is 14.9. The van der Waals surface area contributed by atoms with E-state index in [4.69, 9.17) is 16.3 Å². The van der Waals surface area contributed by atoms with Crippen LogP contribution in [0.4, 0.5) is 4.39 Å². The molecule has 1 amide bonds. The molecule has 0 aliphatic rings. The van der Waals surface area contributed by atoms with Crippen LogP contribution in [0.25, 0.3) is 11.0 Å². The summed E-state index contributed by atoms with van der Waals surface area (Å²) < 4.78 is 20.3. The fourth-order valence-corrected chi connectivity index (χ4v) is 2.16. The molecule has 0 saturated heterocycles. The van der Waals surface area contributed by atoms with E-state index in [2.05, 4.69) is 10.3 Å². The third-order valence-corrected chi connectivity index (χ3v) is 3.18. The number of benzene rings is 1. The molecule has 7 heteroatoms. The maximum atomic E-state index is 13.7. The number of aromatic nitrogens is 2. The Bertz CT molecular complexity index is 655. The smallest absolute Gasteiger partial charge is 0.239 e. The Kier molecular flexibility index (Phi) is 4.13. The predicted molar refractivity (Wildman–Crippen MR) is 74.6 cm³/mol.